The van der Waals surface area contributed by atoms with Crippen LogP contribution in [0.15, 0.2) is 24.3 Å². The number of imide groups is 1. The van der Waals surface area contributed by atoms with Gasteiger partial charge in [0.25, 0.3) is 11.8 Å². The molecule has 1 saturated carbocycles. The van der Waals surface area contributed by atoms with Gasteiger partial charge < -0.3 is 15.4 Å². The van der Waals surface area contributed by atoms with Crippen LogP contribution in [0.2, 0.25) is 0 Å². The number of nitrogens with one attached hydrogen (secondary N) is 3. The van der Waals surface area contributed by atoms with E-state index in [1.165, 1.54) is 18.2 Å². The number of amides is 4. The first-order valence-corrected chi connectivity index (χ1v) is 10.1. The second kappa shape index (κ2) is 11.3. The molecular weight excluding hydrogens is 393 g/mol. The fourth-order valence-corrected chi connectivity index (χ4v) is 3.22. The Morgan fingerprint density at radius 3 is 2.40 bits per heavy atom. The van der Waals surface area contributed by atoms with E-state index in [2.05, 4.69) is 16.0 Å². The molecule has 1 atom stereocenters. The number of benzene rings is 1. The molecule has 1 aliphatic carbocycles. The van der Waals surface area contributed by atoms with Crippen LogP contribution >= 0.6 is 0 Å². The van der Waals surface area contributed by atoms with Crippen LogP contribution in [0.5, 0.6) is 0 Å². The fourth-order valence-electron chi connectivity index (χ4n) is 3.22. The van der Waals surface area contributed by atoms with E-state index in [-0.39, 0.29) is 17.5 Å². The molecule has 1 aromatic rings. The highest BCUT2D eigenvalue weighted by Crippen LogP contribution is 2.17. The van der Waals surface area contributed by atoms with Crippen LogP contribution in [-0.4, -0.2) is 42.5 Å². The third-order valence-electron chi connectivity index (χ3n) is 4.86. The van der Waals surface area contributed by atoms with Crippen molar-refractivity contribution in [1.82, 2.24) is 16.0 Å². The van der Waals surface area contributed by atoms with Gasteiger partial charge in [-0.05, 0) is 30.9 Å². The van der Waals surface area contributed by atoms with Crippen LogP contribution < -0.4 is 16.0 Å². The van der Waals surface area contributed by atoms with Crippen molar-refractivity contribution in [2.45, 2.75) is 58.0 Å². The molecule has 1 fully saturated rings. The lowest BCUT2D eigenvalue weighted by atomic mass is 9.96. The van der Waals surface area contributed by atoms with E-state index in [0.29, 0.717) is 0 Å². The number of hydrogen-bond acceptors (Lipinski definition) is 5. The molecule has 0 unspecified atom stereocenters. The average molecular weight is 421 g/mol. The zero-order valence-corrected chi connectivity index (χ0v) is 17.2. The highest BCUT2D eigenvalue weighted by atomic mass is 19.1. The van der Waals surface area contributed by atoms with Gasteiger partial charge in [-0.3, -0.25) is 14.9 Å². The van der Waals surface area contributed by atoms with Gasteiger partial charge in [-0.25, -0.2) is 14.0 Å². The minimum atomic E-state index is -1.08. The summed E-state index contributed by atoms with van der Waals surface area (Å²) >= 11 is 0. The Kier molecular flexibility index (Phi) is 8.76. The molecule has 4 amide bonds. The predicted molar refractivity (Wildman–Crippen MR) is 107 cm³/mol. The first-order valence-electron chi connectivity index (χ1n) is 10.1. The van der Waals surface area contributed by atoms with Crippen molar-refractivity contribution in [1.29, 1.82) is 0 Å². The molecule has 0 spiro atoms. The fraction of sp³-hybridized carbons (Fsp3) is 0.524. The Hall–Kier alpha value is -2.97. The summed E-state index contributed by atoms with van der Waals surface area (Å²) in [5, 5.41) is 7.27. The lowest BCUT2D eigenvalue weighted by molar-refractivity contribution is -0.151. The molecular formula is C21H28FN3O5. The minimum absolute atomic E-state index is 0.0352. The summed E-state index contributed by atoms with van der Waals surface area (Å²) in [5.41, 5.74) is -0.201. The van der Waals surface area contributed by atoms with Crippen LogP contribution in [0.3, 0.4) is 0 Å². The largest absolute Gasteiger partial charge is 0.454 e. The second-order valence-corrected chi connectivity index (χ2v) is 7.64. The molecule has 0 saturated heterocycles. The van der Waals surface area contributed by atoms with Gasteiger partial charge in [-0.15, -0.1) is 0 Å². The summed E-state index contributed by atoms with van der Waals surface area (Å²) in [4.78, 5) is 48.4. The maximum absolute atomic E-state index is 13.8. The maximum Gasteiger partial charge on any atom is 0.329 e. The number of esters is 1. The van der Waals surface area contributed by atoms with E-state index in [0.717, 1.165) is 38.2 Å². The standard InChI is InChI=1S/C21H28FN3O5/c1-13(2)18(25-19(27)15-10-6-7-11-16(15)22)20(28)30-12-17(26)24-21(29)23-14-8-4-3-5-9-14/h6-7,10-11,13-14,18H,3-5,8-9,12H2,1-2H3,(H,25,27)(H2,23,24,26,29)/t18-/m1/s1. The van der Waals surface area contributed by atoms with Gasteiger partial charge >= 0.3 is 12.0 Å². The van der Waals surface area contributed by atoms with Crippen LogP contribution in [0, 0.1) is 11.7 Å². The lowest BCUT2D eigenvalue weighted by Gasteiger charge is -2.23. The van der Waals surface area contributed by atoms with Crippen molar-refractivity contribution >= 4 is 23.8 Å². The van der Waals surface area contributed by atoms with E-state index in [1.54, 1.807) is 13.8 Å². The lowest BCUT2D eigenvalue weighted by Crippen LogP contribution is -2.48. The van der Waals surface area contributed by atoms with Crippen LogP contribution in [0.25, 0.3) is 0 Å². The first kappa shape index (κ1) is 23.3. The molecule has 0 bridgehead atoms. The van der Waals surface area contributed by atoms with E-state index in [9.17, 15) is 23.6 Å². The Bertz CT molecular complexity index is 778. The third kappa shape index (κ3) is 7.13. The van der Waals surface area contributed by atoms with E-state index in [1.807, 2.05) is 0 Å². The number of rotatable bonds is 7. The van der Waals surface area contributed by atoms with Gasteiger partial charge in [0, 0.05) is 6.04 Å². The number of hydrogen-bond donors (Lipinski definition) is 3. The highest BCUT2D eigenvalue weighted by molar-refractivity contribution is 5.98. The molecule has 164 valence electrons. The van der Waals surface area contributed by atoms with Gasteiger partial charge in [0.1, 0.15) is 11.9 Å². The summed E-state index contributed by atoms with van der Waals surface area (Å²) in [6, 6.07) is 3.71. The van der Waals surface area contributed by atoms with E-state index >= 15 is 0 Å². The molecule has 1 aliphatic rings. The molecule has 0 radical (unpaired) electrons. The Morgan fingerprint density at radius 2 is 1.77 bits per heavy atom. The number of urea groups is 1. The van der Waals surface area contributed by atoms with Crippen LogP contribution in [0.1, 0.15) is 56.3 Å². The molecule has 3 N–H and O–H groups in total. The predicted octanol–water partition coefficient (Wildman–Crippen LogP) is 2.28. The molecule has 0 aromatic heterocycles. The van der Waals surface area contributed by atoms with Crippen molar-refractivity contribution in [2.24, 2.45) is 5.92 Å². The summed E-state index contributed by atoms with van der Waals surface area (Å²) in [5.74, 6) is -3.47. The maximum atomic E-state index is 13.8. The van der Waals surface area contributed by atoms with E-state index < -0.39 is 42.3 Å². The van der Waals surface area contributed by atoms with Crippen molar-refractivity contribution in [3.63, 3.8) is 0 Å². The summed E-state index contributed by atoms with van der Waals surface area (Å²) in [7, 11) is 0. The number of carbonyl (C=O) groups is 4. The van der Waals surface area contributed by atoms with E-state index in [4.69, 9.17) is 4.74 Å². The van der Waals surface area contributed by atoms with Gasteiger partial charge in [0.05, 0.1) is 5.56 Å². The molecule has 8 nitrogen and oxygen atoms in total. The summed E-state index contributed by atoms with van der Waals surface area (Å²) in [6.07, 6.45) is 4.94. The number of ether oxygens (including phenoxy) is 1. The molecule has 9 heteroatoms. The normalized spacial score (nSPS) is 15.2. The summed E-state index contributed by atoms with van der Waals surface area (Å²) < 4.78 is 18.7. The first-order chi connectivity index (χ1) is 14.3. The molecule has 2 rings (SSSR count). The quantitative estimate of drug-likeness (QED) is 0.585. The Labute approximate surface area is 174 Å². The average Bonchev–Trinajstić information content (AvgIpc) is 2.70. The van der Waals surface area contributed by atoms with Gasteiger partial charge in [-0.1, -0.05) is 45.2 Å². The van der Waals surface area contributed by atoms with Crippen molar-refractivity contribution < 1.29 is 28.3 Å². The second-order valence-electron chi connectivity index (χ2n) is 7.64. The number of halogens is 1. The zero-order chi connectivity index (χ0) is 22.1. The molecule has 0 heterocycles. The van der Waals surface area contributed by atoms with Crippen molar-refractivity contribution in [3.8, 4) is 0 Å². The van der Waals surface area contributed by atoms with Crippen molar-refractivity contribution in [3.05, 3.63) is 35.6 Å². The third-order valence-corrected chi connectivity index (χ3v) is 4.86. The number of carbonyl (C=O) groups excluding carboxylic acids is 4. The molecule has 30 heavy (non-hydrogen) atoms. The summed E-state index contributed by atoms with van der Waals surface area (Å²) in [6.45, 7) is 2.67. The van der Waals surface area contributed by atoms with Gasteiger partial charge in [0.15, 0.2) is 6.61 Å². The minimum Gasteiger partial charge on any atom is -0.454 e. The van der Waals surface area contributed by atoms with Crippen LogP contribution in [0.4, 0.5) is 9.18 Å². The highest BCUT2D eigenvalue weighted by Gasteiger charge is 2.28. The monoisotopic (exact) mass is 421 g/mol. The SMILES string of the molecule is CC(C)[C@@H](NC(=O)c1ccccc1F)C(=O)OCC(=O)NC(=O)NC1CCCCC1. The van der Waals surface area contributed by atoms with Crippen molar-refractivity contribution in [2.75, 3.05) is 6.61 Å². The van der Waals surface area contributed by atoms with Gasteiger partial charge in [-0.2, -0.15) is 0 Å². The smallest absolute Gasteiger partial charge is 0.329 e. The topological polar surface area (TPSA) is 114 Å². The molecule has 1 aromatic carbocycles. The van der Waals surface area contributed by atoms with Gasteiger partial charge in [0.2, 0.25) is 0 Å². The molecule has 0 aliphatic heterocycles. The Balaban J connectivity index is 1.82. The zero-order valence-electron chi connectivity index (χ0n) is 17.2. The Morgan fingerprint density at radius 1 is 1.10 bits per heavy atom. The van der Waals surface area contributed by atoms with Crippen LogP contribution in [-0.2, 0) is 14.3 Å².